The van der Waals surface area contributed by atoms with Gasteiger partial charge in [-0.15, -0.1) is 0 Å². The Balaban J connectivity index is 2.77. The van der Waals surface area contributed by atoms with E-state index in [-0.39, 0.29) is 0 Å². The Hall–Kier alpha value is -1.89. The highest BCUT2D eigenvalue weighted by atomic mass is 15.0. The van der Waals surface area contributed by atoms with Crippen molar-refractivity contribution in [2.45, 2.75) is 6.92 Å². The second-order valence-corrected chi connectivity index (χ2v) is 2.53. The summed E-state index contributed by atoms with van der Waals surface area (Å²) in [5.74, 6) is 0. The fraction of sp³-hybridized carbons (Fsp3) is 0.125. The maximum atomic E-state index is 8.56. The molecule has 0 saturated carbocycles. The Labute approximate surface area is 69.1 Å². The Bertz CT molecular complexity index is 463. The van der Waals surface area contributed by atoms with Crippen LogP contribution in [0.2, 0.25) is 0 Å². The molecule has 12 heavy (non-hydrogen) atoms. The van der Waals surface area contributed by atoms with Crippen LogP contribution in [0.1, 0.15) is 11.4 Å². The molecular weight excluding hydrogens is 152 g/mol. The van der Waals surface area contributed by atoms with E-state index in [1.807, 2.05) is 19.2 Å². The van der Waals surface area contributed by atoms with Crippen LogP contribution in [0.15, 0.2) is 18.6 Å². The van der Waals surface area contributed by atoms with Crippen molar-refractivity contribution in [2.24, 2.45) is 0 Å². The molecule has 0 atom stereocenters. The zero-order valence-corrected chi connectivity index (χ0v) is 6.52. The molecule has 0 fully saturated rings. The van der Waals surface area contributed by atoms with Crippen molar-refractivity contribution in [3.63, 3.8) is 0 Å². The predicted octanol–water partition coefficient (Wildman–Crippen LogP) is 0.909. The van der Waals surface area contributed by atoms with Gasteiger partial charge in [-0.25, -0.2) is 9.97 Å². The van der Waals surface area contributed by atoms with Gasteiger partial charge in [0.25, 0.3) is 0 Å². The van der Waals surface area contributed by atoms with Gasteiger partial charge in [0.15, 0.2) is 11.3 Å². The quantitative estimate of drug-likeness (QED) is 0.572. The minimum absolute atomic E-state index is 0.403. The molecule has 0 spiro atoms. The highest BCUT2D eigenvalue weighted by Crippen LogP contribution is 2.02. The van der Waals surface area contributed by atoms with Crippen LogP contribution in [0, 0.1) is 18.3 Å². The van der Waals surface area contributed by atoms with E-state index in [1.165, 1.54) is 0 Å². The monoisotopic (exact) mass is 158 g/mol. The Morgan fingerprint density at radius 3 is 3.08 bits per heavy atom. The van der Waals surface area contributed by atoms with Crippen LogP contribution in [-0.4, -0.2) is 14.4 Å². The van der Waals surface area contributed by atoms with E-state index >= 15 is 0 Å². The smallest absolute Gasteiger partial charge is 0.157 e. The van der Waals surface area contributed by atoms with Gasteiger partial charge in [0.1, 0.15) is 6.07 Å². The molecule has 0 aliphatic rings. The van der Waals surface area contributed by atoms with Crippen LogP contribution < -0.4 is 0 Å². The van der Waals surface area contributed by atoms with Gasteiger partial charge in [0.05, 0.1) is 11.9 Å². The molecule has 0 bridgehead atoms. The van der Waals surface area contributed by atoms with Gasteiger partial charge in [-0.3, -0.25) is 0 Å². The number of imidazole rings is 1. The van der Waals surface area contributed by atoms with Gasteiger partial charge in [-0.05, 0) is 6.92 Å². The molecule has 2 aromatic rings. The lowest BCUT2D eigenvalue weighted by molar-refractivity contribution is 1.10. The van der Waals surface area contributed by atoms with E-state index in [1.54, 1.807) is 16.8 Å². The minimum atomic E-state index is 0.403. The van der Waals surface area contributed by atoms with Gasteiger partial charge in [-0.2, -0.15) is 5.26 Å². The van der Waals surface area contributed by atoms with Gasteiger partial charge < -0.3 is 4.40 Å². The summed E-state index contributed by atoms with van der Waals surface area (Å²) >= 11 is 0. The third-order valence-electron chi connectivity index (χ3n) is 1.58. The summed E-state index contributed by atoms with van der Waals surface area (Å²) in [6.07, 6.45) is 5.11. The van der Waals surface area contributed by atoms with E-state index in [4.69, 9.17) is 5.26 Å². The fourth-order valence-corrected chi connectivity index (χ4v) is 1.08. The molecule has 0 radical (unpaired) electrons. The van der Waals surface area contributed by atoms with Gasteiger partial charge in [0.2, 0.25) is 0 Å². The summed E-state index contributed by atoms with van der Waals surface area (Å²) in [4.78, 5) is 8.07. The maximum absolute atomic E-state index is 8.56. The number of fused-ring (bicyclic) bond motifs is 1. The summed E-state index contributed by atoms with van der Waals surface area (Å²) in [5, 5.41) is 8.56. The van der Waals surface area contributed by atoms with Gasteiger partial charge >= 0.3 is 0 Å². The first-order valence-electron chi connectivity index (χ1n) is 3.51. The minimum Gasteiger partial charge on any atom is -0.303 e. The van der Waals surface area contributed by atoms with E-state index < -0.39 is 0 Å². The largest absolute Gasteiger partial charge is 0.303 e. The summed E-state index contributed by atoms with van der Waals surface area (Å²) < 4.78 is 1.79. The summed E-state index contributed by atoms with van der Waals surface area (Å²) in [6, 6.07) is 1.97. The van der Waals surface area contributed by atoms with Crippen LogP contribution >= 0.6 is 0 Å². The third kappa shape index (κ3) is 0.920. The molecular formula is C8H6N4. The number of aromatic nitrogens is 3. The SMILES string of the molecule is Cc1cn2cc(C#N)ncc2n1. The van der Waals surface area contributed by atoms with Crippen molar-refractivity contribution >= 4 is 5.65 Å². The first-order chi connectivity index (χ1) is 5.79. The molecule has 0 aliphatic heterocycles. The topological polar surface area (TPSA) is 54.0 Å². The molecule has 0 saturated heterocycles. The lowest BCUT2D eigenvalue weighted by Gasteiger charge is -1.90. The predicted molar refractivity (Wildman–Crippen MR) is 42.4 cm³/mol. The molecule has 4 heteroatoms. The molecule has 2 heterocycles. The lowest BCUT2D eigenvalue weighted by atomic mass is 10.5. The standard InChI is InChI=1S/C8H6N4/c1-6-4-12-5-7(2-9)10-3-8(12)11-6/h3-5H,1H3. The van der Waals surface area contributed by atoms with Crippen molar-refractivity contribution in [2.75, 3.05) is 0 Å². The van der Waals surface area contributed by atoms with Crippen LogP contribution in [0.3, 0.4) is 0 Å². The summed E-state index contributed by atoms with van der Waals surface area (Å²) in [7, 11) is 0. The van der Waals surface area contributed by atoms with Crippen LogP contribution in [0.5, 0.6) is 0 Å². The zero-order chi connectivity index (χ0) is 8.55. The summed E-state index contributed by atoms with van der Waals surface area (Å²) in [5.41, 5.74) is 2.10. The van der Waals surface area contributed by atoms with Crippen molar-refractivity contribution in [1.82, 2.24) is 14.4 Å². The maximum Gasteiger partial charge on any atom is 0.157 e. The Kier molecular flexibility index (Phi) is 1.31. The molecule has 4 nitrogen and oxygen atoms in total. The highest BCUT2D eigenvalue weighted by molar-refractivity contribution is 5.38. The molecule has 0 unspecified atom stereocenters. The number of nitriles is 1. The van der Waals surface area contributed by atoms with E-state index in [0.29, 0.717) is 5.69 Å². The Morgan fingerprint density at radius 2 is 2.33 bits per heavy atom. The Morgan fingerprint density at radius 1 is 1.50 bits per heavy atom. The first kappa shape index (κ1) is 6.80. The molecule has 0 aliphatic carbocycles. The van der Waals surface area contributed by atoms with Crippen molar-refractivity contribution < 1.29 is 0 Å². The van der Waals surface area contributed by atoms with Crippen molar-refractivity contribution in [3.8, 4) is 6.07 Å². The molecule has 0 aromatic carbocycles. The third-order valence-corrected chi connectivity index (χ3v) is 1.58. The molecule has 0 N–H and O–H groups in total. The molecule has 58 valence electrons. The van der Waals surface area contributed by atoms with E-state index in [0.717, 1.165) is 11.3 Å². The molecule has 2 rings (SSSR count). The van der Waals surface area contributed by atoms with Crippen molar-refractivity contribution in [1.29, 1.82) is 5.26 Å². The number of rotatable bonds is 0. The van der Waals surface area contributed by atoms with E-state index in [2.05, 4.69) is 9.97 Å². The number of aryl methyl sites for hydroxylation is 1. The second-order valence-electron chi connectivity index (χ2n) is 2.53. The fourth-order valence-electron chi connectivity index (χ4n) is 1.08. The van der Waals surface area contributed by atoms with Crippen LogP contribution in [0.25, 0.3) is 5.65 Å². The first-order valence-corrected chi connectivity index (χ1v) is 3.51. The average molecular weight is 158 g/mol. The second kappa shape index (κ2) is 2.31. The number of hydrogen-bond donors (Lipinski definition) is 0. The summed E-state index contributed by atoms with van der Waals surface area (Å²) in [6.45, 7) is 1.90. The van der Waals surface area contributed by atoms with Crippen molar-refractivity contribution in [3.05, 3.63) is 30.0 Å². The normalized spacial score (nSPS) is 10.0. The molecule has 2 aromatic heterocycles. The van der Waals surface area contributed by atoms with Crippen LogP contribution in [-0.2, 0) is 0 Å². The number of hydrogen-bond acceptors (Lipinski definition) is 3. The van der Waals surface area contributed by atoms with E-state index in [9.17, 15) is 0 Å². The number of nitrogens with zero attached hydrogens (tertiary/aromatic N) is 4. The molecule has 0 amide bonds. The highest BCUT2D eigenvalue weighted by Gasteiger charge is 1.98. The van der Waals surface area contributed by atoms with Gasteiger partial charge in [-0.1, -0.05) is 0 Å². The van der Waals surface area contributed by atoms with Gasteiger partial charge in [0, 0.05) is 12.4 Å². The zero-order valence-electron chi connectivity index (χ0n) is 6.52. The average Bonchev–Trinajstić information content (AvgIpc) is 2.43. The lowest BCUT2D eigenvalue weighted by Crippen LogP contribution is -1.88. The van der Waals surface area contributed by atoms with Crippen LogP contribution in [0.4, 0.5) is 0 Å².